The Balaban J connectivity index is 2.43. The van der Waals surface area contributed by atoms with Crippen LogP contribution in [0.2, 0.25) is 0 Å². The van der Waals surface area contributed by atoms with Crippen LogP contribution < -0.4 is 4.74 Å². The molecule has 2 rings (SSSR count). The van der Waals surface area contributed by atoms with Crippen molar-refractivity contribution < 1.29 is 9.53 Å². The van der Waals surface area contributed by atoms with E-state index in [1.54, 1.807) is 7.11 Å². The van der Waals surface area contributed by atoms with E-state index in [-0.39, 0.29) is 5.92 Å². The molecule has 1 aromatic carbocycles. The molecule has 1 aliphatic rings. The van der Waals surface area contributed by atoms with E-state index >= 15 is 0 Å². The quantitative estimate of drug-likeness (QED) is 0.726. The molecule has 1 aliphatic carbocycles. The molecule has 1 aromatic rings. The van der Waals surface area contributed by atoms with Crippen LogP contribution in [0.15, 0.2) is 30.9 Å². The predicted octanol–water partition coefficient (Wildman–Crippen LogP) is 2.87. The van der Waals surface area contributed by atoms with Gasteiger partial charge in [-0.25, -0.2) is 0 Å². The number of methoxy groups -OCH3 is 1. The van der Waals surface area contributed by atoms with Gasteiger partial charge in [-0.3, -0.25) is 4.79 Å². The zero-order chi connectivity index (χ0) is 11.5. The van der Waals surface area contributed by atoms with Gasteiger partial charge < -0.3 is 4.74 Å². The topological polar surface area (TPSA) is 26.3 Å². The number of aryl methyl sites for hydroxylation is 1. The van der Waals surface area contributed by atoms with Gasteiger partial charge in [-0.05, 0) is 36.1 Å². The third kappa shape index (κ3) is 1.87. The molecule has 0 N–H and O–H groups in total. The maximum absolute atomic E-state index is 11.9. The van der Waals surface area contributed by atoms with Gasteiger partial charge in [0.25, 0.3) is 0 Å². The Morgan fingerprint density at radius 2 is 2.31 bits per heavy atom. The number of fused-ring (bicyclic) bond motifs is 1. The Morgan fingerprint density at radius 3 is 3.00 bits per heavy atom. The molecule has 0 amide bonds. The molecular formula is C14H16O2. The molecule has 84 valence electrons. The summed E-state index contributed by atoms with van der Waals surface area (Å²) in [5.41, 5.74) is 2.39. The molecule has 1 atom stereocenters. The minimum absolute atomic E-state index is 0.0173. The third-order valence-corrected chi connectivity index (χ3v) is 3.16. The number of ether oxygens (including phenoxy) is 1. The van der Waals surface area contributed by atoms with Crippen molar-refractivity contribution in [3.05, 3.63) is 42.0 Å². The Bertz CT molecular complexity index is 421. The Hall–Kier alpha value is -1.57. The van der Waals surface area contributed by atoms with Gasteiger partial charge in [0.2, 0.25) is 0 Å². The van der Waals surface area contributed by atoms with Crippen LogP contribution in [0.5, 0.6) is 5.75 Å². The summed E-state index contributed by atoms with van der Waals surface area (Å²) in [5, 5.41) is 0. The number of Topliss-reactive ketones (excluding diaryl/α,β-unsaturated/α-hetero) is 1. The maximum Gasteiger partial charge on any atom is 0.140 e. The molecule has 2 heteroatoms. The zero-order valence-corrected chi connectivity index (χ0v) is 9.53. The number of allylic oxidation sites excluding steroid dienone is 1. The fourth-order valence-electron chi connectivity index (χ4n) is 2.28. The highest BCUT2D eigenvalue weighted by molar-refractivity contribution is 5.88. The molecule has 0 bridgehead atoms. The lowest BCUT2D eigenvalue weighted by atomic mass is 9.80. The second kappa shape index (κ2) is 4.52. The van der Waals surface area contributed by atoms with E-state index in [0.29, 0.717) is 12.2 Å². The summed E-state index contributed by atoms with van der Waals surface area (Å²) in [6.45, 7) is 3.72. The van der Waals surface area contributed by atoms with Crippen molar-refractivity contribution in [1.29, 1.82) is 0 Å². The lowest BCUT2D eigenvalue weighted by Gasteiger charge is -2.23. The molecular weight excluding hydrogens is 200 g/mol. The van der Waals surface area contributed by atoms with Crippen molar-refractivity contribution in [1.82, 2.24) is 0 Å². The number of carbonyl (C=O) groups excluding carboxylic acids is 1. The monoisotopic (exact) mass is 216 g/mol. The van der Waals surface area contributed by atoms with Crippen molar-refractivity contribution >= 4 is 5.78 Å². The van der Waals surface area contributed by atoms with Crippen LogP contribution in [0.1, 0.15) is 29.9 Å². The number of hydrogen-bond acceptors (Lipinski definition) is 2. The first-order valence-electron chi connectivity index (χ1n) is 5.56. The van der Waals surface area contributed by atoms with Crippen molar-refractivity contribution in [2.75, 3.05) is 7.11 Å². The summed E-state index contributed by atoms with van der Waals surface area (Å²) in [6.07, 6.45) is 4.04. The molecule has 0 aliphatic heterocycles. The lowest BCUT2D eigenvalue weighted by Crippen LogP contribution is -2.20. The largest absolute Gasteiger partial charge is 0.497 e. The summed E-state index contributed by atoms with van der Waals surface area (Å²) >= 11 is 0. The van der Waals surface area contributed by atoms with Crippen LogP contribution in [0.4, 0.5) is 0 Å². The Morgan fingerprint density at radius 1 is 1.50 bits per heavy atom. The van der Waals surface area contributed by atoms with E-state index in [4.69, 9.17) is 4.74 Å². The minimum atomic E-state index is -0.0173. The third-order valence-electron chi connectivity index (χ3n) is 3.16. The highest BCUT2D eigenvalue weighted by atomic mass is 16.5. The van der Waals surface area contributed by atoms with Gasteiger partial charge in [0.05, 0.1) is 7.11 Å². The van der Waals surface area contributed by atoms with Crippen LogP contribution >= 0.6 is 0 Å². The van der Waals surface area contributed by atoms with Gasteiger partial charge >= 0.3 is 0 Å². The van der Waals surface area contributed by atoms with E-state index in [9.17, 15) is 4.79 Å². The zero-order valence-electron chi connectivity index (χ0n) is 9.53. The second-order valence-electron chi connectivity index (χ2n) is 4.11. The normalized spacial score (nSPS) is 19.1. The standard InChI is InChI=1S/C14H16O2/c1-3-4-12-13-9-11(16-2)7-5-10(13)6-8-14(12)15/h3,5,7,9,12H,1,4,6,8H2,2H3/t12-/m1/s1. The van der Waals surface area contributed by atoms with Crippen molar-refractivity contribution in [2.45, 2.75) is 25.2 Å². The Kier molecular flexibility index (Phi) is 3.09. The summed E-state index contributed by atoms with van der Waals surface area (Å²) in [7, 11) is 1.65. The van der Waals surface area contributed by atoms with E-state index in [1.165, 1.54) is 5.56 Å². The fraction of sp³-hybridized carbons (Fsp3) is 0.357. The summed E-state index contributed by atoms with van der Waals surface area (Å²) in [6, 6.07) is 6.01. The van der Waals surface area contributed by atoms with E-state index in [2.05, 4.69) is 12.6 Å². The molecule has 0 radical (unpaired) electrons. The van der Waals surface area contributed by atoms with Gasteiger partial charge in [0, 0.05) is 12.3 Å². The second-order valence-corrected chi connectivity index (χ2v) is 4.11. The van der Waals surface area contributed by atoms with Crippen LogP contribution in [0.25, 0.3) is 0 Å². The van der Waals surface area contributed by atoms with Crippen LogP contribution in [-0.4, -0.2) is 12.9 Å². The highest BCUT2D eigenvalue weighted by Gasteiger charge is 2.26. The maximum atomic E-state index is 11.9. The number of benzene rings is 1. The molecule has 2 nitrogen and oxygen atoms in total. The molecule has 0 fully saturated rings. The average Bonchev–Trinajstić information content (AvgIpc) is 2.32. The van der Waals surface area contributed by atoms with Gasteiger partial charge in [0.1, 0.15) is 11.5 Å². The smallest absolute Gasteiger partial charge is 0.140 e. The number of rotatable bonds is 3. The molecule has 0 saturated carbocycles. The van der Waals surface area contributed by atoms with E-state index < -0.39 is 0 Å². The van der Waals surface area contributed by atoms with Crippen LogP contribution in [0, 0.1) is 0 Å². The average molecular weight is 216 g/mol. The molecule has 0 saturated heterocycles. The van der Waals surface area contributed by atoms with Gasteiger partial charge in [-0.2, -0.15) is 0 Å². The SMILES string of the molecule is C=CC[C@H]1C(=O)CCc2ccc(OC)cc21. The van der Waals surface area contributed by atoms with E-state index in [1.807, 2.05) is 18.2 Å². The summed E-state index contributed by atoms with van der Waals surface area (Å²) in [5.74, 6) is 1.12. The van der Waals surface area contributed by atoms with Crippen molar-refractivity contribution in [2.24, 2.45) is 0 Å². The van der Waals surface area contributed by atoms with E-state index in [0.717, 1.165) is 24.2 Å². The van der Waals surface area contributed by atoms with Gasteiger partial charge in [-0.15, -0.1) is 6.58 Å². The number of carbonyl (C=O) groups is 1. The summed E-state index contributed by atoms with van der Waals surface area (Å²) in [4.78, 5) is 11.9. The molecule has 16 heavy (non-hydrogen) atoms. The lowest BCUT2D eigenvalue weighted by molar-refractivity contribution is -0.120. The first-order valence-corrected chi connectivity index (χ1v) is 5.56. The molecule has 0 unspecified atom stereocenters. The first kappa shape index (κ1) is 10.9. The van der Waals surface area contributed by atoms with Crippen LogP contribution in [0.3, 0.4) is 0 Å². The number of hydrogen-bond donors (Lipinski definition) is 0. The summed E-state index contributed by atoms with van der Waals surface area (Å²) < 4.78 is 5.20. The Labute approximate surface area is 95.9 Å². The molecule has 0 aromatic heterocycles. The van der Waals surface area contributed by atoms with Gasteiger partial charge in [0.15, 0.2) is 0 Å². The highest BCUT2D eigenvalue weighted by Crippen LogP contribution is 2.34. The molecule has 0 heterocycles. The molecule has 0 spiro atoms. The fourth-order valence-corrected chi connectivity index (χ4v) is 2.28. The van der Waals surface area contributed by atoms with Crippen molar-refractivity contribution in [3.63, 3.8) is 0 Å². The van der Waals surface area contributed by atoms with Crippen LogP contribution in [-0.2, 0) is 11.2 Å². The minimum Gasteiger partial charge on any atom is -0.497 e. The predicted molar refractivity (Wildman–Crippen MR) is 63.9 cm³/mol. The number of ketones is 1. The first-order chi connectivity index (χ1) is 7.76. The van der Waals surface area contributed by atoms with Gasteiger partial charge in [-0.1, -0.05) is 12.1 Å². The van der Waals surface area contributed by atoms with Crippen molar-refractivity contribution in [3.8, 4) is 5.75 Å².